The molecule has 0 unspecified atom stereocenters. The maximum Gasteiger partial charge on any atom is 0.308 e. The van der Waals surface area contributed by atoms with Crippen LogP contribution in [0.2, 0.25) is 0 Å². The van der Waals surface area contributed by atoms with Crippen molar-refractivity contribution in [3.8, 4) is 0 Å². The molecular formula is C22H35N3O5. The first-order valence-electron chi connectivity index (χ1n) is 10.6. The molecule has 30 heavy (non-hydrogen) atoms. The van der Waals surface area contributed by atoms with E-state index in [0.29, 0.717) is 12.8 Å². The summed E-state index contributed by atoms with van der Waals surface area (Å²) < 4.78 is 5.48. The fourth-order valence-electron chi connectivity index (χ4n) is 3.73. The van der Waals surface area contributed by atoms with Crippen LogP contribution < -0.4 is 0 Å². The summed E-state index contributed by atoms with van der Waals surface area (Å²) >= 11 is 0. The lowest BCUT2D eigenvalue weighted by molar-refractivity contribution is -0.154. The number of azide groups is 1. The van der Waals surface area contributed by atoms with E-state index >= 15 is 0 Å². The minimum atomic E-state index is -1.09. The molecule has 0 amide bonds. The Morgan fingerprint density at radius 2 is 1.90 bits per heavy atom. The summed E-state index contributed by atoms with van der Waals surface area (Å²) in [4.78, 5) is 27.7. The van der Waals surface area contributed by atoms with Crippen molar-refractivity contribution in [3.05, 3.63) is 34.2 Å². The van der Waals surface area contributed by atoms with Gasteiger partial charge < -0.3 is 14.9 Å². The number of hydrogen-bond donors (Lipinski definition) is 2. The normalized spacial score (nSPS) is 34.6. The molecule has 0 aromatic rings. The zero-order valence-corrected chi connectivity index (χ0v) is 18.6. The van der Waals surface area contributed by atoms with Gasteiger partial charge in [-0.1, -0.05) is 57.0 Å². The highest BCUT2D eigenvalue weighted by Gasteiger charge is 2.32. The lowest BCUT2D eigenvalue weighted by Gasteiger charge is -2.31. The summed E-state index contributed by atoms with van der Waals surface area (Å²) in [6, 6.07) is 0. The van der Waals surface area contributed by atoms with Gasteiger partial charge in [-0.2, -0.15) is 0 Å². The summed E-state index contributed by atoms with van der Waals surface area (Å²) in [6.45, 7) is 9.07. The molecule has 1 rings (SSSR count). The van der Waals surface area contributed by atoms with Gasteiger partial charge in [-0.3, -0.25) is 9.59 Å². The molecule has 0 fully saturated rings. The van der Waals surface area contributed by atoms with Crippen LogP contribution in [-0.2, 0) is 14.3 Å². The van der Waals surface area contributed by atoms with Crippen LogP contribution in [0.3, 0.4) is 0 Å². The average molecular weight is 422 g/mol. The van der Waals surface area contributed by atoms with E-state index in [0.717, 1.165) is 5.57 Å². The highest BCUT2D eigenvalue weighted by Crippen LogP contribution is 2.28. The van der Waals surface area contributed by atoms with Crippen molar-refractivity contribution in [2.45, 2.75) is 72.2 Å². The van der Waals surface area contributed by atoms with Gasteiger partial charge in [0.15, 0.2) is 5.78 Å². The van der Waals surface area contributed by atoms with E-state index in [9.17, 15) is 19.8 Å². The van der Waals surface area contributed by atoms with E-state index in [1.54, 1.807) is 13.0 Å². The molecule has 0 aliphatic carbocycles. The number of nitrogens with zero attached hydrogens (tertiary/aromatic N) is 3. The summed E-state index contributed by atoms with van der Waals surface area (Å²) in [5, 5.41) is 24.8. The minimum absolute atomic E-state index is 0.0293. The van der Waals surface area contributed by atoms with Crippen LogP contribution in [0, 0.1) is 23.7 Å². The summed E-state index contributed by atoms with van der Waals surface area (Å²) in [7, 11) is 0. The highest BCUT2D eigenvalue weighted by molar-refractivity contribution is 5.91. The van der Waals surface area contributed by atoms with Crippen molar-refractivity contribution >= 4 is 11.8 Å². The van der Waals surface area contributed by atoms with Gasteiger partial charge in [0.1, 0.15) is 6.10 Å². The monoisotopic (exact) mass is 421 g/mol. The molecular weight excluding hydrogens is 386 g/mol. The third kappa shape index (κ3) is 7.94. The molecule has 168 valence electrons. The molecule has 0 aromatic heterocycles. The maximum atomic E-state index is 12.5. The van der Waals surface area contributed by atoms with E-state index in [1.165, 1.54) is 6.08 Å². The third-order valence-corrected chi connectivity index (χ3v) is 5.90. The Balaban J connectivity index is 3.24. The molecule has 1 aliphatic rings. The number of cyclic esters (lactones) is 1. The van der Waals surface area contributed by atoms with Gasteiger partial charge in [0.05, 0.1) is 25.2 Å². The largest absolute Gasteiger partial charge is 0.462 e. The number of rotatable bonds is 3. The van der Waals surface area contributed by atoms with Crippen molar-refractivity contribution in [3.63, 3.8) is 0 Å². The molecule has 0 spiro atoms. The van der Waals surface area contributed by atoms with E-state index < -0.39 is 30.2 Å². The number of aliphatic hydroxyl groups is 2. The average Bonchev–Trinajstić information content (AvgIpc) is 2.70. The molecule has 1 heterocycles. The number of carbonyl (C=O) groups excluding carboxylic acids is 2. The minimum Gasteiger partial charge on any atom is -0.462 e. The van der Waals surface area contributed by atoms with Gasteiger partial charge in [0.25, 0.3) is 0 Å². The molecule has 0 saturated carbocycles. The lowest BCUT2D eigenvalue weighted by atomic mass is 9.80. The number of esters is 1. The Kier molecular flexibility index (Phi) is 10.8. The topological polar surface area (TPSA) is 133 Å². The molecule has 8 heteroatoms. The number of allylic oxidation sites excluding steroid dienone is 3. The fraction of sp³-hybridized carbons (Fsp3) is 0.727. The number of aliphatic hydroxyl groups excluding tert-OH is 2. The van der Waals surface area contributed by atoms with Gasteiger partial charge in [-0.25, -0.2) is 0 Å². The van der Waals surface area contributed by atoms with E-state index in [4.69, 9.17) is 10.3 Å². The number of ketones is 1. The van der Waals surface area contributed by atoms with Crippen LogP contribution in [0.25, 0.3) is 10.4 Å². The Labute approximate surface area is 178 Å². The second kappa shape index (κ2) is 12.5. The van der Waals surface area contributed by atoms with Crippen molar-refractivity contribution in [2.24, 2.45) is 28.8 Å². The van der Waals surface area contributed by atoms with Crippen molar-refractivity contribution in [1.82, 2.24) is 0 Å². The first kappa shape index (κ1) is 25.9. The Hall–Kier alpha value is -2.15. The predicted molar refractivity (Wildman–Crippen MR) is 114 cm³/mol. The Morgan fingerprint density at radius 1 is 1.23 bits per heavy atom. The fourth-order valence-corrected chi connectivity index (χ4v) is 3.73. The molecule has 2 N–H and O–H groups in total. The second-order valence-electron chi connectivity index (χ2n) is 8.37. The zero-order chi connectivity index (χ0) is 22.8. The molecule has 0 radical (unpaired) electrons. The van der Waals surface area contributed by atoms with Gasteiger partial charge in [-0.15, -0.1) is 0 Å². The van der Waals surface area contributed by atoms with Crippen LogP contribution in [0.15, 0.2) is 28.9 Å². The van der Waals surface area contributed by atoms with Crippen molar-refractivity contribution in [1.29, 1.82) is 0 Å². The Bertz CT molecular complexity index is 699. The second-order valence-corrected chi connectivity index (χ2v) is 8.37. The van der Waals surface area contributed by atoms with E-state index in [2.05, 4.69) is 10.0 Å². The van der Waals surface area contributed by atoms with E-state index in [1.807, 2.05) is 33.8 Å². The summed E-state index contributed by atoms with van der Waals surface area (Å²) in [5.74, 6) is -1.93. The molecule has 0 saturated heterocycles. The standard InChI is InChI=1S/C22H35N3O5/c1-6-17-10-14(3)18(26)8-7-13(2)9-15(4)20(12-24-25-23)30-21(28)11-19(27)16(5)22(17)29/h7-9,14-17,19-20,22,27,29H,6,10-12H2,1-5H3/t14-,15-,16+,17+,19-,20-,22-/m1/s1. The van der Waals surface area contributed by atoms with Crippen LogP contribution in [0.5, 0.6) is 0 Å². The molecule has 8 nitrogen and oxygen atoms in total. The molecule has 0 bridgehead atoms. The van der Waals surface area contributed by atoms with Gasteiger partial charge >= 0.3 is 5.97 Å². The SMILES string of the molecule is CC[C@H]1C[C@@H](C)C(=O)C=CC(C)=C[C@@H](C)[C@@H](CN=[N+]=[N-])OC(=O)C[C@@H](O)[C@H](C)[C@H]1O. The molecule has 1 aliphatic heterocycles. The van der Waals surface area contributed by atoms with Crippen molar-refractivity contribution in [2.75, 3.05) is 6.54 Å². The lowest BCUT2D eigenvalue weighted by Crippen LogP contribution is -2.38. The van der Waals surface area contributed by atoms with Crippen LogP contribution in [0.4, 0.5) is 0 Å². The van der Waals surface area contributed by atoms with Gasteiger partial charge in [-0.05, 0) is 30.9 Å². The van der Waals surface area contributed by atoms with Crippen molar-refractivity contribution < 1.29 is 24.5 Å². The molecule has 0 aromatic carbocycles. The quantitative estimate of drug-likeness (QED) is 0.310. The summed E-state index contributed by atoms with van der Waals surface area (Å²) in [5.41, 5.74) is 9.45. The smallest absolute Gasteiger partial charge is 0.308 e. The zero-order valence-electron chi connectivity index (χ0n) is 18.6. The van der Waals surface area contributed by atoms with E-state index in [-0.39, 0.29) is 36.5 Å². The van der Waals surface area contributed by atoms with Crippen LogP contribution >= 0.6 is 0 Å². The molecule has 7 atom stereocenters. The van der Waals surface area contributed by atoms with Gasteiger partial charge in [0, 0.05) is 22.7 Å². The number of carbonyl (C=O) groups is 2. The predicted octanol–water partition coefficient (Wildman–Crippen LogP) is 3.73. The van der Waals surface area contributed by atoms with Gasteiger partial charge in [0.2, 0.25) is 0 Å². The number of ether oxygens (including phenoxy) is 1. The Morgan fingerprint density at radius 3 is 2.50 bits per heavy atom. The first-order valence-corrected chi connectivity index (χ1v) is 10.6. The van der Waals surface area contributed by atoms with Crippen LogP contribution in [-0.4, -0.2) is 46.8 Å². The first-order chi connectivity index (χ1) is 14.1. The maximum absolute atomic E-state index is 12.5. The summed E-state index contributed by atoms with van der Waals surface area (Å²) in [6.07, 6.45) is 3.32. The number of hydrogen-bond acceptors (Lipinski definition) is 6. The highest BCUT2D eigenvalue weighted by atomic mass is 16.5. The van der Waals surface area contributed by atoms with Crippen LogP contribution in [0.1, 0.15) is 53.9 Å². The third-order valence-electron chi connectivity index (χ3n) is 5.90.